The number of benzene rings is 2. The predicted molar refractivity (Wildman–Crippen MR) is 80.4 cm³/mol. The maximum Gasteiger partial charge on any atom is 0.241 e. The first kappa shape index (κ1) is 15.1. The smallest absolute Gasteiger partial charge is 0.241 e. The van der Waals surface area contributed by atoms with Crippen LogP contribution >= 0.6 is 0 Å². The Morgan fingerprint density at radius 3 is 2.68 bits per heavy atom. The third-order valence-electron chi connectivity index (χ3n) is 3.81. The number of hydrogen-bond donors (Lipinski definition) is 2. The van der Waals surface area contributed by atoms with Gasteiger partial charge >= 0.3 is 0 Å². The molecule has 2 N–H and O–H groups in total. The molecule has 0 radical (unpaired) electrons. The fraction of sp³-hybridized carbons (Fsp3) is 0.250. The van der Waals surface area contributed by atoms with E-state index in [4.69, 9.17) is 0 Å². The molecule has 22 heavy (non-hydrogen) atoms. The van der Waals surface area contributed by atoms with E-state index in [1.165, 1.54) is 12.1 Å². The molecule has 0 saturated carbocycles. The Balaban J connectivity index is 1.95. The van der Waals surface area contributed by atoms with Gasteiger partial charge in [0.1, 0.15) is 5.82 Å². The van der Waals surface area contributed by atoms with Gasteiger partial charge in [-0.25, -0.2) is 17.5 Å². The number of hydrogen-bond acceptors (Lipinski definition) is 3. The number of rotatable bonds is 3. The summed E-state index contributed by atoms with van der Waals surface area (Å²) in [6.07, 6.45) is -0.437. The van der Waals surface area contributed by atoms with Crippen molar-refractivity contribution in [2.75, 3.05) is 0 Å². The van der Waals surface area contributed by atoms with Crippen molar-refractivity contribution >= 4 is 10.0 Å². The first-order valence-electron chi connectivity index (χ1n) is 6.92. The molecule has 6 heteroatoms. The molecule has 0 fully saturated rings. The van der Waals surface area contributed by atoms with Crippen LogP contribution < -0.4 is 4.72 Å². The van der Waals surface area contributed by atoms with Crippen LogP contribution in [0.2, 0.25) is 0 Å². The molecule has 0 spiro atoms. The zero-order valence-electron chi connectivity index (χ0n) is 12.0. The molecule has 0 heterocycles. The van der Waals surface area contributed by atoms with E-state index in [2.05, 4.69) is 4.72 Å². The highest BCUT2D eigenvalue weighted by Crippen LogP contribution is 2.32. The number of aliphatic hydroxyl groups is 1. The lowest BCUT2D eigenvalue weighted by molar-refractivity contribution is 0.151. The van der Waals surface area contributed by atoms with Gasteiger partial charge in [-0.3, -0.25) is 0 Å². The van der Waals surface area contributed by atoms with E-state index in [0.717, 1.165) is 17.2 Å². The van der Waals surface area contributed by atoms with Gasteiger partial charge in [0.15, 0.2) is 0 Å². The van der Waals surface area contributed by atoms with E-state index in [1.807, 2.05) is 12.1 Å². The summed E-state index contributed by atoms with van der Waals surface area (Å²) < 4.78 is 40.9. The molecular formula is C16H16FNO3S. The summed E-state index contributed by atoms with van der Waals surface area (Å²) in [4.78, 5) is -0.137. The first-order valence-corrected chi connectivity index (χ1v) is 8.40. The Kier molecular flexibility index (Phi) is 3.76. The summed E-state index contributed by atoms with van der Waals surface area (Å²) in [7, 11) is -3.91. The Bertz CT molecular complexity index is 800. The van der Waals surface area contributed by atoms with Gasteiger partial charge in [-0.2, -0.15) is 0 Å². The van der Waals surface area contributed by atoms with Gasteiger partial charge in [-0.15, -0.1) is 0 Å². The zero-order valence-corrected chi connectivity index (χ0v) is 12.8. The molecule has 0 bridgehead atoms. The van der Waals surface area contributed by atoms with Crippen LogP contribution in [0.4, 0.5) is 4.39 Å². The van der Waals surface area contributed by atoms with Gasteiger partial charge in [0.05, 0.1) is 17.0 Å². The van der Waals surface area contributed by atoms with Gasteiger partial charge in [-0.05, 0) is 41.8 Å². The average Bonchev–Trinajstić information content (AvgIpc) is 2.74. The molecule has 116 valence electrons. The molecule has 2 aromatic carbocycles. The normalized spacial score (nSPS) is 20.9. The number of fused-ring (bicyclic) bond motifs is 1. The molecule has 2 atom stereocenters. The second kappa shape index (κ2) is 5.46. The van der Waals surface area contributed by atoms with E-state index in [1.54, 1.807) is 19.1 Å². The zero-order chi connectivity index (χ0) is 15.9. The van der Waals surface area contributed by atoms with Gasteiger partial charge in [-0.1, -0.05) is 24.3 Å². The van der Waals surface area contributed by atoms with Crippen molar-refractivity contribution in [2.45, 2.75) is 30.4 Å². The van der Waals surface area contributed by atoms with Crippen molar-refractivity contribution < 1.29 is 17.9 Å². The highest BCUT2D eigenvalue weighted by molar-refractivity contribution is 7.89. The van der Waals surface area contributed by atoms with Crippen LogP contribution in [-0.4, -0.2) is 19.6 Å². The molecule has 0 saturated heterocycles. The molecule has 1 aliphatic rings. The number of nitrogens with one attached hydrogen (secondary N) is 1. The summed E-state index contributed by atoms with van der Waals surface area (Å²) in [5.74, 6) is -0.604. The Hall–Kier alpha value is -1.76. The summed E-state index contributed by atoms with van der Waals surface area (Å²) in [6, 6.07) is 10.2. The van der Waals surface area contributed by atoms with Crippen molar-refractivity contribution in [3.05, 3.63) is 65.0 Å². The van der Waals surface area contributed by atoms with Gasteiger partial charge < -0.3 is 5.11 Å². The molecule has 1 aliphatic carbocycles. The molecule has 3 rings (SSSR count). The number of aliphatic hydroxyl groups excluding tert-OH is 1. The van der Waals surface area contributed by atoms with Crippen LogP contribution in [0.1, 0.15) is 22.7 Å². The summed E-state index contributed by atoms with van der Waals surface area (Å²) in [6.45, 7) is 1.63. The predicted octanol–water partition coefficient (Wildman–Crippen LogP) is 2.07. The van der Waals surface area contributed by atoms with Crippen LogP contribution in [0.5, 0.6) is 0 Å². The van der Waals surface area contributed by atoms with Crippen LogP contribution in [0.3, 0.4) is 0 Å². The third kappa shape index (κ3) is 2.77. The standard InChI is InChI=1S/C16H16FNO3S/c1-10-6-12(17)9-13(7-10)22(20,21)18-16-14-5-3-2-4-11(14)8-15(16)19/h2-7,9,15-16,18-19H,8H2,1H3/t15-,16+/m0/s1. The molecule has 0 amide bonds. The van der Waals surface area contributed by atoms with Gasteiger partial charge in [0, 0.05) is 6.42 Å². The van der Waals surface area contributed by atoms with Crippen molar-refractivity contribution in [3.63, 3.8) is 0 Å². The minimum atomic E-state index is -3.91. The summed E-state index contributed by atoms with van der Waals surface area (Å²) >= 11 is 0. The van der Waals surface area contributed by atoms with E-state index in [0.29, 0.717) is 12.0 Å². The Labute approximate surface area is 128 Å². The monoisotopic (exact) mass is 321 g/mol. The van der Waals surface area contributed by atoms with Crippen molar-refractivity contribution in [1.29, 1.82) is 0 Å². The Morgan fingerprint density at radius 1 is 1.23 bits per heavy atom. The molecular weight excluding hydrogens is 305 g/mol. The van der Waals surface area contributed by atoms with Crippen molar-refractivity contribution in [2.24, 2.45) is 0 Å². The molecule has 0 aromatic heterocycles. The maximum absolute atomic E-state index is 13.4. The van der Waals surface area contributed by atoms with Gasteiger partial charge in [0.2, 0.25) is 10.0 Å². The Morgan fingerprint density at radius 2 is 1.95 bits per heavy atom. The van der Waals surface area contributed by atoms with E-state index < -0.39 is 28.0 Å². The van der Waals surface area contributed by atoms with Gasteiger partial charge in [0.25, 0.3) is 0 Å². The number of aryl methyl sites for hydroxylation is 1. The van der Waals surface area contributed by atoms with Crippen LogP contribution in [-0.2, 0) is 16.4 Å². The minimum absolute atomic E-state index is 0.137. The van der Waals surface area contributed by atoms with Crippen LogP contribution in [0, 0.1) is 12.7 Å². The lowest BCUT2D eigenvalue weighted by Crippen LogP contribution is -2.34. The summed E-state index contributed by atoms with van der Waals surface area (Å²) in [5.41, 5.74) is 2.19. The quantitative estimate of drug-likeness (QED) is 0.909. The van der Waals surface area contributed by atoms with E-state index in [-0.39, 0.29) is 4.90 Å². The fourth-order valence-electron chi connectivity index (χ4n) is 2.81. The summed E-state index contributed by atoms with van der Waals surface area (Å²) in [5, 5.41) is 10.1. The minimum Gasteiger partial charge on any atom is -0.391 e. The van der Waals surface area contributed by atoms with Crippen molar-refractivity contribution in [3.8, 4) is 0 Å². The van der Waals surface area contributed by atoms with E-state index in [9.17, 15) is 17.9 Å². The average molecular weight is 321 g/mol. The highest BCUT2D eigenvalue weighted by atomic mass is 32.2. The molecule has 0 aliphatic heterocycles. The second-order valence-corrected chi connectivity index (χ2v) is 7.25. The lowest BCUT2D eigenvalue weighted by atomic mass is 10.1. The van der Waals surface area contributed by atoms with Crippen LogP contribution in [0.25, 0.3) is 0 Å². The lowest BCUT2D eigenvalue weighted by Gasteiger charge is -2.18. The van der Waals surface area contributed by atoms with Crippen LogP contribution in [0.15, 0.2) is 47.4 Å². The maximum atomic E-state index is 13.4. The number of halogens is 1. The third-order valence-corrected chi connectivity index (χ3v) is 5.23. The SMILES string of the molecule is Cc1cc(F)cc(S(=O)(=O)N[C@@H]2c3ccccc3C[C@@H]2O)c1. The largest absolute Gasteiger partial charge is 0.391 e. The number of sulfonamides is 1. The topological polar surface area (TPSA) is 66.4 Å². The second-order valence-electron chi connectivity index (χ2n) is 5.53. The van der Waals surface area contributed by atoms with E-state index >= 15 is 0 Å². The molecule has 4 nitrogen and oxygen atoms in total. The highest BCUT2D eigenvalue weighted by Gasteiger charge is 2.34. The van der Waals surface area contributed by atoms with Crippen molar-refractivity contribution in [1.82, 2.24) is 4.72 Å². The first-order chi connectivity index (χ1) is 10.4. The fourth-order valence-corrected chi connectivity index (χ4v) is 4.17. The molecule has 0 unspecified atom stereocenters. The molecule has 2 aromatic rings.